The Morgan fingerprint density at radius 3 is 2.20 bits per heavy atom. The summed E-state index contributed by atoms with van der Waals surface area (Å²) in [5, 5.41) is 26.3. The quantitative estimate of drug-likeness (QED) is 0.145. The van der Waals surface area contributed by atoms with Gasteiger partial charge in [0.1, 0.15) is 0 Å². The normalized spacial score (nSPS) is 18.1. The molecule has 2 heterocycles. The predicted molar refractivity (Wildman–Crippen MR) is 201 cm³/mol. The van der Waals surface area contributed by atoms with Gasteiger partial charge in [0.15, 0.2) is 0 Å². The first-order valence-corrected chi connectivity index (χ1v) is 18.9. The van der Waals surface area contributed by atoms with Gasteiger partial charge in [0.25, 0.3) is 0 Å². The van der Waals surface area contributed by atoms with E-state index in [4.69, 9.17) is 14.6 Å². The van der Waals surface area contributed by atoms with Gasteiger partial charge in [-0.25, -0.2) is 4.98 Å². The van der Waals surface area contributed by atoms with Crippen molar-refractivity contribution in [1.29, 1.82) is 0 Å². The van der Waals surface area contributed by atoms with Gasteiger partial charge >= 0.3 is 0 Å². The van der Waals surface area contributed by atoms with Crippen molar-refractivity contribution in [1.82, 2.24) is 30.3 Å². The number of likely N-dealkylation sites (N-methyl/N-ethyl adjacent to an activating group) is 2. The third-order valence-corrected chi connectivity index (χ3v) is 10.1. The van der Waals surface area contributed by atoms with Gasteiger partial charge in [-0.15, -0.1) is 11.3 Å². The molecular weight excluding hydrogens is 676 g/mol. The van der Waals surface area contributed by atoms with E-state index in [1.807, 2.05) is 45.1 Å². The van der Waals surface area contributed by atoms with Gasteiger partial charge in [0, 0.05) is 51.9 Å². The van der Waals surface area contributed by atoms with Crippen molar-refractivity contribution in [3.63, 3.8) is 0 Å². The van der Waals surface area contributed by atoms with Crippen LogP contribution in [0.2, 0.25) is 0 Å². The van der Waals surface area contributed by atoms with E-state index in [-0.39, 0.29) is 61.9 Å². The number of carbonyl (C=O) groups is 4. The lowest BCUT2D eigenvalue weighted by molar-refractivity contribution is -0.145. The molecule has 1 aliphatic rings. The zero-order valence-corrected chi connectivity index (χ0v) is 33.8. The van der Waals surface area contributed by atoms with Crippen LogP contribution in [0.1, 0.15) is 78.7 Å². The van der Waals surface area contributed by atoms with E-state index >= 15 is 0 Å². The Hall–Kier alpha value is -2.69. The lowest BCUT2D eigenvalue weighted by atomic mass is 9.90. The van der Waals surface area contributed by atoms with E-state index in [1.54, 1.807) is 37.1 Å². The van der Waals surface area contributed by atoms with Gasteiger partial charge in [-0.05, 0) is 39.8 Å². The molecule has 1 fully saturated rings. The van der Waals surface area contributed by atoms with E-state index in [0.29, 0.717) is 31.8 Å². The number of methoxy groups -OCH3 is 2. The second-order valence-corrected chi connectivity index (χ2v) is 14.3. The average molecular weight is 745 g/mol. The minimum Gasteiger partial charge on any atom is -0.395 e. The van der Waals surface area contributed by atoms with Crippen molar-refractivity contribution in [3.05, 3.63) is 16.6 Å². The number of ether oxygens (including phenoxy) is 2. The van der Waals surface area contributed by atoms with Crippen LogP contribution in [0.15, 0.2) is 11.6 Å². The highest BCUT2D eigenvalue weighted by Crippen LogP contribution is 2.29. The molecule has 1 aromatic rings. The minimum atomic E-state index is -0.580. The van der Waals surface area contributed by atoms with Crippen LogP contribution < -0.4 is 10.6 Å². The number of nitrogens with one attached hydrogen (secondary N) is 2. The zero-order chi connectivity index (χ0) is 39.1. The molecule has 0 spiro atoms. The first-order valence-electron chi connectivity index (χ1n) is 18.1. The molecule has 15 heteroatoms. The first-order chi connectivity index (χ1) is 24.2. The SMILES string of the molecule is CC(CO)N(C)C.CCC.CCC(C)C(C(CC(=O)N1CCCC1C(OC)C(C)C(=O)NC(CO)Cc1nccs1)OC)N(C)C(=O)CNC=O. The van der Waals surface area contributed by atoms with Crippen LogP contribution in [0.5, 0.6) is 0 Å². The number of hydrogen-bond donors (Lipinski definition) is 4. The summed E-state index contributed by atoms with van der Waals surface area (Å²) < 4.78 is 11.6. The molecule has 51 heavy (non-hydrogen) atoms. The van der Waals surface area contributed by atoms with Crippen molar-refractivity contribution in [2.75, 3.05) is 61.7 Å². The van der Waals surface area contributed by atoms with E-state index in [9.17, 15) is 24.3 Å². The van der Waals surface area contributed by atoms with E-state index in [2.05, 4.69) is 29.5 Å². The van der Waals surface area contributed by atoms with E-state index < -0.39 is 24.2 Å². The molecule has 1 saturated heterocycles. The summed E-state index contributed by atoms with van der Waals surface area (Å²) in [6, 6.07) is -0.876. The number of thiazole rings is 1. The van der Waals surface area contributed by atoms with E-state index in [0.717, 1.165) is 17.8 Å². The van der Waals surface area contributed by atoms with Gasteiger partial charge < -0.3 is 45.0 Å². The lowest BCUT2D eigenvalue weighted by Crippen LogP contribution is -2.54. The van der Waals surface area contributed by atoms with Crippen LogP contribution in [-0.4, -0.2) is 152 Å². The predicted octanol–water partition coefficient (Wildman–Crippen LogP) is 2.17. The number of aliphatic hydroxyl groups excluding tert-OH is 2. The highest BCUT2D eigenvalue weighted by molar-refractivity contribution is 7.09. The van der Waals surface area contributed by atoms with Crippen LogP contribution >= 0.6 is 11.3 Å². The van der Waals surface area contributed by atoms with Crippen LogP contribution in [0.3, 0.4) is 0 Å². The Bertz CT molecular complexity index is 1100. The molecule has 0 bridgehead atoms. The number of hydrogen-bond acceptors (Lipinski definition) is 11. The van der Waals surface area contributed by atoms with Gasteiger partial charge in [-0.2, -0.15) is 0 Å². The van der Waals surface area contributed by atoms with Crippen molar-refractivity contribution in [2.24, 2.45) is 11.8 Å². The number of likely N-dealkylation sites (tertiary alicyclic amines) is 1. The highest BCUT2D eigenvalue weighted by atomic mass is 32.1. The number of aromatic nitrogens is 1. The van der Waals surface area contributed by atoms with Crippen molar-refractivity contribution in [2.45, 2.75) is 116 Å². The molecule has 1 aliphatic heterocycles. The van der Waals surface area contributed by atoms with Crippen molar-refractivity contribution in [3.8, 4) is 0 Å². The molecule has 2 rings (SSSR count). The van der Waals surface area contributed by atoms with Gasteiger partial charge in [-0.3, -0.25) is 19.2 Å². The monoisotopic (exact) mass is 744 g/mol. The van der Waals surface area contributed by atoms with Gasteiger partial charge in [0.05, 0.1) is 67.4 Å². The maximum atomic E-state index is 13.7. The molecule has 0 aromatic carbocycles. The molecule has 8 unspecified atom stereocenters. The largest absolute Gasteiger partial charge is 0.395 e. The van der Waals surface area contributed by atoms with Crippen molar-refractivity contribution >= 4 is 35.5 Å². The summed E-state index contributed by atoms with van der Waals surface area (Å²) in [5.41, 5.74) is 0. The first kappa shape index (κ1) is 48.3. The molecule has 4 N–H and O–H groups in total. The number of nitrogens with zero attached hydrogens (tertiary/aromatic N) is 4. The summed E-state index contributed by atoms with van der Waals surface area (Å²) in [4.78, 5) is 59.9. The Balaban J connectivity index is 0.00000219. The molecule has 14 nitrogen and oxygen atoms in total. The highest BCUT2D eigenvalue weighted by Gasteiger charge is 2.42. The summed E-state index contributed by atoms with van der Waals surface area (Å²) >= 11 is 1.46. The molecule has 8 atom stereocenters. The summed E-state index contributed by atoms with van der Waals surface area (Å²) in [7, 11) is 8.63. The van der Waals surface area contributed by atoms with Crippen LogP contribution in [0.4, 0.5) is 0 Å². The third kappa shape index (κ3) is 16.7. The second kappa shape index (κ2) is 27.0. The number of carbonyl (C=O) groups excluding carboxylic acids is 4. The topological polar surface area (TPSA) is 174 Å². The summed E-state index contributed by atoms with van der Waals surface area (Å²) in [6.07, 6.45) is 5.00. The fourth-order valence-electron chi connectivity index (χ4n) is 5.80. The third-order valence-electron chi connectivity index (χ3n) is 9.26. The minimum absolute atomic E-state index is 0.0339. The van der Waals surface area contributed by atoms with Gasteiger partial charge in [-0.1, -0.05) is 47.5 Å². The number of amides is 4. The Morgan fingerprint density at radius 1 is 1.10 bits per heavy atom. The van der Waals surface area contributed by atoms with Crippen LogP contribution in [-0.2, 0) is 35.1 Å². The van der Waals surface area contributed by atoms with E-state index in [1.165, 1.54) is 24.9 Å². The van der Waals surface area contributed by atoms with Crippen LogP contribution in [0.25, 0.3) is 0 Å². The molecule has 1 aromatic heterocycles. The van der Waals surface area contributed by atoms with Gasteiger partial charge in [0.2, 0.25) is 24.1 Å². The number of aliphatic hydroxyl groups is 2. The zero-order valence-electron chi connectivity index (χ0n) is 33.0. The Morgan fingerprint density at radius 2 is 1.75 bits per heavy atom. The second-order valence-electron chi connectivity index (χ2n) is 13.4. The molecule has 0 saturated carbocycles. The Labute approximate surface area is 310 Å². The molecule has 0 radical (unpaired) electrons. The lowest BCUT2D eigenvalue weighted by Gasteiger charge is -2.39. The fraction of sp³-hybridized carbons (Fsp3) is 0.806. The van der Waals surface area contributed by atoms with Crippen molar-refractivity contribution < 1.29 is 38.9 Å². The standard InChI is InChI=1S/C28H47N5O7S.C5H13NO.C3H8/c1-7-18(2)26(32(4)25(37)15-29-17-35)22(39-5)14-24(36)33-11-8-9-21(33)27(40-6)19(3)28(38)31-20(16-34)13-23-30-10-12-41-23;1-5(4-7)6(2)3;1-3-2/h10,12,17-22,26-27,34H,7-9,11,13-16H2,1-6H3,(H,29,35)(H,31,38);5,7H,4H2,1-3H3;3H2,1-2H3. The summed E-state index contributed by atoms with van der Waals surface area (Å²) in [5.74, 6) is -1.21. The molecule has 296 valence electrons. The molecule has 4 amide bonds. The maximum absolute atomic E-state index is 13.7. The van der Waals surface area contributed by atoms with Crippen LogP contribution in [0, 0.1) is 11.8 Å². The molecule has 0 aliphatic carbocycles. The smallest absolute Gasteiger partial charge is 0.242 e. The maximum Gasteiger partial charge on any atom is 0.242 e. The fourth-order valence-corrected chi connectivity index (χ4v) is 6.50. The average Bonchev–Trinajstić information content (AvgIpc) is 3.83. The summed E-state index contributed by atoms with van der Waals surface area (Å²) in [6.45, 7) is 12.4. The Kier molecular flexibility index (Phi) is 25.6. The molecular formula is C36H68N6O8S. The number of rotatable bonds is 20.